The number of ether oxygens (including phenoxy) is 1. The van der Waals surface area contributed by atoms with Gasteiger partial charge in [-0.2, -0.15) is 13.2 Å². The van der Waals surface area contributed by atoms with Crippen LogP contribution in [0.25, 0.3) is 10.9 Å². The van der Waals surface area contributed by atoms with Crippen molar-refractivity contribution in [3.05, 3.63) is 35.0 Å². The summed E-state index contributed by atoms with van der Waals surface area (Å²) in [5, 5.41) is 0.351. The molecule has 1 heterocycles. The lowest BCUT2D eigenvalue weighted by atomic mass is 10.2. The Kier molecular flexibility index (Phi) is 2.87. The molecule has 0 aliphatic rings. The first-order valence-corrected chi connectivity index (χ1v) is 5.01. The molecule has 1 aromatic carbocycles. The highest BCUT2D eigenvalue weighted by Crippen LogP contribution is 2.36. The number of fused-ring (bicyclic) bond motifs is 1. The van der Waals surface area contributed by atoms with Crippen molar-refractivity contribution in [2.75, 3.05) is 7.11 Å². The van der Waals surface area contributed by atoms with Gasteiger partial charge in [-0.1, -0.05) is 17.7 Å². The molecule has 1 aromatic heterocycles. The zero-order valence-electron chi connectivity index (χ0n) is 8.68. The average molecular weight is 262 g/mol. The molecule has 2 nitrogen and oxygen atoms in total. The first-order valence-electron chi connectivity index (χ1n) is 4.64. The largest absolute Gasteiger partial charge is 0.496 e. The molecule has 2 aromatic rings. The third-order valence-corrected chi connectivity index (χ3v) is 2.56. The zero-order valence-corrected chi connectivity index (χ0v) is 9.43. The molecule has 0 aliphatic carbocycles. The number of hydrogen-bond donors (Lipinski definition) is 0. The van der Waals surface area contributed by atoms with Gasteiger partial charge in [-0.25, -0.2) is 4.98 Å². The van der Waals surface area contributed by atoms with Gasteiger partial charge in [-0.3, -0.25) is 0 Å². The van der Waals surface area contributed by atoms with Gasteiger partial charge in [0.05, 0.1) is 23.0 Å². The monoisotopic (exact) mass is 261 g/mol. The fourth-order valence-corrected chi connectivity index (χ4v) is 1.82. The molecular formula is C11H7ClF3NO. The molecule has 0 saturated heterocycles. The molecule has 0 fully saturated rings. The van der Waals surface area contributed by atoms with E-state index in [1.54, 1.807) is 12.1 Å². The molecule has 0 spiro atoms. The maximum atomic E-state index is 12.5. The van der Waals surface area contributed by atoms with Crippen molar-refractivity contribution in [3.63, 3.8) is 0 Å². The number of halogens is 4. The Morgan fingerprint density at radius 1 is 1.29 bits per heavy atom. The predicted octanol–water partition coefficient (Wildman–Crippen LogP) is 3.92. The normalized spacial score (nSPS) is 11.8. The SMILES string of the molecule is COc1cccc2nc(C(F)(F)F)cc(Cl)c12. The minimum atomic E-state index is -4.51. The molecule has 0 bridgehead atoms. The van der Waals surface area contributed by atoms with Crippen molar-refractivity contribution in [1.82, 2.24) is 4.98 Å². The number of benzene rings is 1. The lowest BCUT2D eigenvalue weighted by Gasteiger charge is -2.10. The molecule has 0 aliphatic heterocycles. The summed E-state index contributed by atoms with van der Waals surface area (Å²) in [5.41, 5.74) is -0.854. The van der Waals surface area contributed by atoms with Crippen LogP contribution in [0.2, 0.25) is 5.02 Å². The maximum Gasteiger partial charge on any atom is 0.433 e. The quantitative estimate of drug-likeness (QED) is 0.776. The topological polar surface area (TPSA) is 22.1 Å². The van der Waals surface area contributed by atoms with Crippen LogP contribution < -0.4 is 4.74 Å². The Morgan fingerprint density at radius 2 is 2.00 bits per heavy atom. The van der Waals surface area contributed by atoms with Gasteiger partial charge in [0.1, 0.15) is 11.4 Å². The standard InChI is InChI=1S/C11H7ClF3NO/c1-17-8-4-2-3-7-10(8)6(12)5-9(16-7)11(13,14)15/h2-5H,1H3. The maximum absolute atomic E-state index is 12.5. The summed E-state index contributed by atoms with van der Waals surface area (Å²) >= 11 is 5.83. The minimum Gasteiger partial charge on any atom is -0.496 e. The summed E-state index contributed by atoms with van der Waals surface area (Å²) in [4.78, 5) is 3.53. The van der Waals surface area contributed by atoms with Gasteiger partial charge in [0.25, 0.3) is 0 Å². The lowest BCUT2D eigenvalue weighted by molar-refractivity contribution is -0.140. The summed E-state index contributed by atoms with van der Waals surface area (Å²) < 4.78 is 42.6. The number of methoxy groups -OCH3 is 1. The van der Waals surface area contributed by atoms with E-state index >= 15 is 0 Å². The number of pyridine rings is 1. The van der Waals surface area contributed by atoms with E-state index in [4.69, 9.17) is 16.3 Å². The number of hydrogen-bond acceptors (Lipinski definition) is 2. The fourth-order valence-electron chi connectivity index (χ4n) is 1.52. The van der Waals surface area contributed by atoms with Crippen LogP contribution in [0.15, 0.2) is 24.3 Å². The van der Waals surface area contributed by atoms with Gasteiger partial charge in [0.15, 0.2) is 0 Å². The van der Waals surface area contributed by atoms with Crippen molar-refractivity contribution in [1.29, 1.82) is 0 Å². The van der Waals surface area contributed by atoms with Crippen molar-refractivity contribution in [3.8, 4) is 5.75 Å². The van der Waals surface area contributed by atoms with Crippen LogP contribution in [-0.4, -0.2) is 12.1 Å². The Bertz CT molecular complexity index is 568. The van der Waals surface area contributed by atoms with Crippen LogP contribution in [-0.2, 0) is 6.18 Å². The second kappa shape index (κ2) is 4.07. The number of alkyl halides is 3. The first-order chi connectivity index (χ1) is 7.93. The van der Waals surface area contributed by atoms with Gasteiger partial charge >= 0.3 is 6.18 Å². The third kappa shape index (κ3) is 2.15. The summed E-state index contributed by atoms with van der Waals surface area (Å²) in [6, 6.07) is 5.43. The van der Waals surface area contributed by atoms with Crippen molar-refractivity contribution in [2.24, 2.45) is 0 Å². The predicted molar refractivity (Wildman–Crippen MR) is 58.3 cm³/mol. The molecular weight excluding hydrogens is 255 g/mol. The average Bonchev–Trinajstić information content (AvgIpc) is 2.26. The van der Waals surface area contributed by atoms with Crippen LogP contribution in [0.1, 0.15) is 5.69 Å². The van der Waals surface area contributed by atoms with E-state index in [9.17, 15) is 13.2 Å². The van der Waals surface area contributed by atoms with E-state index < -0.39 is 11.9 Å². The molecule has 0 saturated carbocycles. The molecule has 0 atom stereocenters. The highest BCUT2D eigenvalue weighted by Gasteiger charge is 2.33. The van der Waals surface area contributed by atoms with Crippen molar-refractivity contribution < 1.29 is 17.9 Å². The van der Waals surface area contributed by atoms with Gasteiger partial charge in [0.2, 0.25) is 0 Å². The third-order valence-electron chi connectivity index (χ3n) is 2.26. The summed E-state index contributed by atoms with van der Waals surface area (Å²) in [5.74, 6) is 0.397. The van der Waals surface area contributed by atoms with E-state index in [2.05, 4.69) is 4.98 Å². The molecule has 6 heteroatoms. The zero-order chi connectivity index (χ0) is 12.6. The summed E-state index contributed by atoms with van der Waals surface area (Å²) in [6.07, 6.45) is -4.51. The second-order valence-electron chi connectivity index (χ2n) is 3.34. The molecule has 2 rings (SSSR count). The van der Waals surface area contributed by atoms with E-state index in [1.807, 2.05) is 0 Å². The summed E-state index contributed by atoms with van der Waals surface area (Å²) in [7, 11) is 1.42. The Labute approximate surface area is 100.0 Å². The van der Waals surface area contributed by atoms with Gasteiger partial charge in [-0.15, -0.1) is 0 Å². The fraction of sp³-hybridized carbons (Fsp3) is 0.182. The van der Waals surface area contributed by atoms with Crippen LogP contribution in [0, 0.1) is 0 Å². The number of rotatable bonds is 1. The Morgan fingerprint density at radius 3 is 2.59 bits per heavy atom. The minimum absolute atomic E-state index is 0.0280. The first kappa shape index (κ1) is 12.0. The Balaban J connectivity index is 2.76. The number of nitrogens with zero attached hydrogens (tertiary/aromatic N) is 1. The van der Waals surface area contributed by atoms with Crippen LogP contribution in [0.4, 0.5) is 13.2 Å². The molecule has 0 amide bonds. The van der Waals surface area contributed by atoms with Crippen LogP contribution in [0.5, 0.6) is 5.75 Å². The van der Waals surface area contributed by atoms with E-state index in [0.29, 0.717) is 11.1 Å². The van der Waals surface area contributed by atoms with Crippen molar-refractivity contribution >= 4 is 22.5 Å². The lowest BCUT2D eigenvalue weighted by Crippen LogP contribution is -2.08. The van der Waals surface area contributed by atoms with Crippen LogP contribution >= 0.6 is 11.6 Å². The molecule has 0 radical (unpaired) electrons. The highest BCUT2D eigenvalue weighted by molar-refractivity contribution is 6.36. The Hall–Kier alpha value is -1.49. The van der Waals surface area contributed by atoms with E-state index in [1.165, 1.54) is 13.2 Å². The van der Waals surface area contributed by atoms with E-state index in [-0.39, 0.29) is 10.5 Å². The van der Waals surface area contributed by atoms with Crippen molar-refractivity contribution in [2.45, 2.75) is 6.18 Å². The van der Waals surface area contributed by atoms with E-state index in [0.717, 1.165) is 6.07 Å². The summed E-state index contributed by atoms with van der Waals surface area (Å²) in [6.45, 7) is 0. The van der Waals surface area contributed by atoms with Crippen LogP contribution in [0.3, 0.4) is 0 Å². The highest BCUT2D eigenvalue weighted by atomic mass is 35.5. The smallest absolute Gasteiger partial charge is 0.433 e. The second-order valence-corrected chi connectivity index (χ2v) is 3.75. The van der Waals surface area contributed by atoms with Gasteiger partial charge in [-0.05, 0) is 18.2 Å². The molecule has 0 unspecified atom stereocenters. The van der Waals surface area contributed by atoms with Gasteiger partial charge < -0.3 is 4.74 Å². The molecule has 90 valence electrons. The molecule has 17 heavy (non-hydrogen) atoms. The molecule has 0 N–H and O–H groups in total. The number of aromatic nitrogens is 1. The van der Waals surface area contributed by atoms with Gasteiger partial charge in [0, 0.05) is 0 Å².